The summed E-state index contributed by atoms with van der Waals surface area (Å²) in [5.41, 5.74) is 1.06. The molecule has 7 heteroatoms. The lowest BCUT2D eigenvalue weighted by atomic mass is 10.0. The molecule has 160 valence electrons. The van der Waals surface area contributed by atoms with Gasteiger partial charge in [-0.05, 0) is 54.3 Å². The molecule has 0 saturated heterocycles. The highest BCUT2D eigenvalue weighted by atomic mass is 32.1. The first kappa shape index (κ1) is 20.8. The first-order chi connectivity index (χ1) is 14.6. The van der Waals surface area contributed by atoms with E-state index < -0.39 is 5.82 Å². The van der Waals surface area contributed by atoms with Crippen LogP contribution in [0.25, 0.3) is 0 Å². The molecule has 2 aliphatic rings. The number of hydrogen-bond acceptors (Lipinski definition) is 4. The minimum Gasteiger partial charge on any atom is -0.488 e. The molecule has 0 radical (unpaired) electrons. The predicted octanol–water partition coefficient (Wildman–Crippen LogP) is 4.04. The van der Waals surface area contributed by atoms with Crippen molar-refractivity contribution in [2.24, 2.45) is 5.92 Å². The van der Waals surface area contributed by atoms with Gasteiger partial charge in [-0.1, -0.05) is 19.1 Å². The van der Waals surface area contributed by atoms with E-state index in [1.54, 1.807) is 39.3 Å². The molecule has 1 saturated carbocycles. The Balaban J connectivity index is 1.50. The Labute approximate surface area is 180 Å². The molecule has 1 atom stereocenters. The Morgan fingerprint density at radius 2 is 2.07 bits per heavy atom. The van der Waals surface area contributed by atoms with Gasteiger partial charge in [0.15, 0.2) is 11.6 Å². The minimum atomic E-state index is -0.416. The van der Waals surface area contributed by atoms with Crippen molar-refractivity contribution >= 4 is 23.2 Å². The Morgan fingerprint density at radius 1 is 1.27 bits per heavy atom. The van der Waals surface area contributed by atoms with Gasteiger partial charge in [0, 0.05) is 24.4 Å². The van der Waals surface area contributed by atoms with Gasteiger partial charge in [-0.2, -0.15) is 0 Å². The molecule has 2 amide bonds. The van der Waals surface area contributed by atoms with Gasteiger partial charge in [0.05, 0.1) is 12.6 Å². The van der Waals surface area contributed by atoms with Crippen LogP contribution in [0.5, 0.6) is 5.75 Å². The van der Waals surface area contributed by atoms with E-state index in [4.69, 9.17) is 4.74 Å². The third-order valence-corrected chi connectivity index (χ3v) is 6.80. The number of carbonyl (C=O) groups is 2. The molecule has 2 aromatic rings. The smallest absolute Gasteiger partial charge is 0.242 e. The van der Waals surface area contributed by atoms with Crippen LogP contribution in [0.15, 0.2) is 35.7 Å². The molecule has 1 aliphatic carbocycles. The second kappa shape index (κ2) is 9.16. The molecule has 2 heterocycles. The van der Waals surface area contributed by atoms with Gasteiger partial charge in [0.25, 0.3) is 0 Å². The third-order valence-electron chi connectivity index (χ3n) is 5.81. The second-order valence-corrected chi connectivity index (χ2v) is 8.97. The van der Waals surface area contributed by atoms with Crippen LogP contribution >= 0.6 is 11.3 Å². The van der Waals surface area contributed by atoms with Crippen LogP contribution in [0, 0.1) is 11.7 Å². The molecule has 1 aromatic carbocycles. The van der Waals surface area contributed by atoms with Crippen LogP contribution in [0.1, 0.15) is 42.7 Å². The molecule has 0 bridgehead atoms. The Morgan fingerprint density at radius 3 is 2.80 bits per heavy atom. The van der Waals surface area contributed by atoms with Crippen LogP contribution in [0.2, 0.25) is 0 Å². The Bertz CT molecular complexity index is 911. The van der Waals surface area contributed by atoms with E-state index in [-0.39, 0.29) is 36.8 Å². The number of ether oxygens (including phenoxy) is 1. The average Bonchev–Trinajstić information content (AvgIpc) is 3.44. The van der Waals surface area contributed by atoms with Crippen molar-refractivity contribution in [3.05, 3.63) is 52.0 Å². The van der Waals surface area contributed by atoms with E-state index in [1.807, 2.05) is 18.4 Å². The van der Waals surface area contributed by atoms with E-state index in [0.29, 0.717) is 25.4 Å². The highest BCUT2D eigenvalue weighted by molar-refractivity contribution is 7.10. The second-order valence-electron chi connectivity index (χ2n) is 7.96. The van der Waals surface area contributed by atoms with Crippen molar-refractivity contribution in [3.63, 3.8) is 0 Å². The third kappa shape index (κ3) is 4.67. The summed E-state index contributed by atoms with van der Waals surface area (Å²) in [5, 5.41) is 2.02. The van der Waals surface area contributed by atoms with Crippen molar-refractivity contribution in [3.8, 4) is 5.75 Å². The quantitative estimate of drug-likeness (QED) is 0.635. The molecular weight excluding hydrogens is 403 g/mol. The lowest BCUT2D eigenvalue weighted by molar-refractivity contribution is -0.142. The Kier molecular flexibility index (Phi) is 6.37. The van der Waals surface area contributed by atoms with Crippen LogP contribution in [0.3, 0.4) is 0 Å². The summed E-state index contributed by atoms with van der Waals surface area (Å²) >= 11 is 1.67. The highest BCUT2D eigenvalue weighted by Gasteiger charge is 2.34. The van der Waals surface area contributed by atoms with E-state index in [9.17, 15) is 14.0 Å². The van der Waals surface area contributed by atoms with Crippen LogP contribution in [0.4, 0.5) is 4.39 Å². The number of nitrogens with zero attached hydrogens (tertiary/aromatic N) is 2. The van der Waals surface area contributed by atoms with Crippen molar-refractivity contribution < 1.29 is 18.7 Å². The monoisotopic (exact) mass is 430 g/mol. The maximum Gasteiger partial charge on any atom is 0.242 e. The number of amides is 2. The van der Waals surface area contributed by atoms with Gasteiger partial charge >= 0.3 is 0 Å². The zero-order valence-corrected chi connectivity index (χ0v) is 18.0. The number of thiophene rings is 1. The Hall–Kier alpha value is -2.41. The summed E-state index contributed by atoms with van der Waals surface area (Å²) in [6.45, 7) is 3.34. The molecule has 0 unspecified atom stereocenters. The van der Waals surface area contributed by atoms with Crippen molar-refractivity contribution in [2.45, 2.75) is 38.6 Å². The number of fused-ring (bicyclic) bond motifs is 1. The highest BCUT2D eigenvalue weighted by Crippen LogP contribution is 2.35. The van der Waals surface area contributed by atoms with Gasteiger partial charge in [-0.3, -0.25) is 9.59 Å². The summed E-state index contributed by atoms with van der Waals surface area (Å²) in [6.07, 6.45) is 3.44. The molecule has 1 aliphatic heterocycles. The number of carbonyl (C=O) groups excluding carboxylic acids is 2. The normalized spacial score (nSPS) is 18.1. The number of hydrogen-bond donors (Lipinski definition) is 0. The van der Waals surface area contributed by atoms with E-state index in [1.165, 1.54) is 10.9 Å². The number of benzene rings is 1. The zero-order chi connectivity index (χ0) is 21.1. The average molecular weight is 431 g/mol. The van der Waals surface area contributed by atoms with Crippen LogP contribution in [-0.2, 0) is 16.0 Å². The maximum absolute atomic E-state index is 14.0. The largest absolute Gasteiger partial charge is 0.488 e. The van der Waals surface area contributed by atoms with Gasteiger partial charge in [0.1, 0.15) is 6.61 Å². The van der Waals surface area contributed by atoms with Crippen molar-refractivity contribution in [2.75, 3.05) is 26.2 Å². The molecule has 0 N–H and O–H groups in total. The summed E-state index contributed by atoms with van der Waals surface area (Å²) in [4.78, 5) is 30.4. The standard InChI is InChI=1S/C23H27FN2O3S/c1-2-22(27)25(13-16-7-8-16)14-23(28)26-11-9-21-17(10-12-30-21)19(26)15-29-20-6-4-3-5-18(20)24/h3-6,10,12,16,19H,2,7-9,11,13-15H2,1H3/t19-/m0/s1. The van der Waals surface area contributed by atoms with Gasteiger partial charge in [-0.15, -0.1) is 11.3 Å². The minimum absolute atomic E-state index is 0.0163. The molecule has 1 fully saturated rings. The molecular formula is C23H27FN2O3S. The fraction of sp³-hybridized carbons (Fsp3) is 0.478. The number of para-hydroxylation sites is 1. The summed E-state index contributed by atoms with van der Waals surface area (Å²) in [5.74, 6) is 0.238. The first-order valence-corrected chi connectivity index (χ1v) is 11.5. The van der Waals surface area contributed by atoms with Crippen molar-refractivity contribution in [1.29, 1.82) is 0 Å². The number of rotatable bonds is 8. The topological polar surface area (TPSA) is 49.9 Å². The van der Waals surface area contributed by atoms with Crippen LogP contribution < -0.4 is 4.74 Å². The molecule has 30 heavy (non-hydrogen) atoms. The van der Waals surface area contributed by atoms with Gasteiger partial charge in [-0.25, -0.2) is 4.39 Å². The SMILES string of the molecule is CCC(=O)N(CC(=O)N1CCc2sccc2[C@@H]1COc1ccccc1F)CC1CC1. The van der Waals surface area contributed by atoms with E-state index in [2.05, 4.69) is 0 Å². The molecule has 1 aromatic heterocycles. The summed E-state index contributed by atoms with van der Waals surface area (Å²) in [7, 11) is 0. The number of halogens is 1. The summed E-state index contributed by atoms with van der Waals surface area (Å²) < 4.78 is 19.8. The molecule has 4 rings (SSSR count). The lowest BCUT2D eigenvalue weighted by Gasteiger charge is -2.37. The van der Waals surface area contributed by atoms with E-state index in [0.717, 1.165) is 24.8 Å². The maximum atomic E-state index is 14.0. The van der Waals surface area contributed by atoms with Gasteiger partial charge in [0.2, 0.25) is 11.8 Å². The molecule has 5 nitrogen and oxygen atoms in total. The first-order valence-electron chi connectivity index (χ1n) is 10.6. The fourth-order valence-electron chi connectivity index (χ4n) is 3.95. The zero-order valence-electron chi connectivity index (χ0n) is 17.2. The van der Waals surface area contributed by atoms with Crippen molar-refractivity contribution in [1.82, 2.24) is 9.80 Å². The predicted molar refractivity (Wildman–Crippen MR) is 114 cm³/mol. The summed E-state index contributed by atoms with van der Waals surface area (Å²) in [6, 6.07) is 8.04. The fourth-order valence-corrected chi connectivity index (χ4v) is 4.88. The molecule has 0 spiro atoms. The lowest BCUT2D eigenvalue weighted by Crippen LogP contribution is -2.48. The van der Waals surface area contributed by atoms with Gasteiger partial charge < -0.3 is 14.5 Å². The van der Waals surface area contributed by atoms with Crippen LogP contribution in [-0.4, -0.2) is 47.9 Å². The van der Waals surface area contributed by atoms with E-state index >= 15 is 0 Å².